The Balaban J connectivity index is 1.99. The third-order valence-electron chi connectivity index (χ3n) is 3.66. The molecule has 0 saturated carbocycles. The van der Waals surface area contributed by atoms with Gasteiger partial charge in [0, 0.05) is 13.6 Å². The number of methoxy groups -OCH3 is 1. The van der Waals surface area contributed by atoms with Crippen molar-refractivity contribution < 1.29 is 18.7 Å². The summed E-state index contributed by atoms with van der Waals surface area (Å²) in [6.07, 6.45) is -0.625. The SMILES string of the molecule is COc1ccc(CN(C)C(=O)C(C)Oc2cccc(C)c2)cc1F. The minimum atomic E-state index is -0.625. The number of aryl methyl sites for hydroxylation is 1. The van der Waals surface area contributed by atoms with Crippen molar-refractivity contribution in [1.82, 2.24) is 4.90 Å². The molecule has 1 atom stereocenters. The number of rotatable bonds is 6. The number of benzene rings is 2. The van der Waals surface area contributed by atoms with E-state index in [-0.39, 0.29) is 11.7 Å². The van der Waals surface area contributed by atoms with E-state index in [0.717, 1.165) is 5.56 Å². The molecule has 0 spiro atoms. The normalized spacial score (nSPS) is 11.7. The molecule has 1 amide bonds. The lowest BCUT2D eigenvalue weighted by atomic mass is 10.2. The number of hydrogen-bond acceptors (Lipinski definition) is 3. The minimum Gasteiger partial charge on any atom is -0.494 e. The monoisotopic (exact) mass is 331 g/mol. The highest BCUT2D eigenvalue weighted by molar-refractivity contribution is 5.80. The van der Waals surface area contributed by atoms with Crippen molar-refractivity contribution in [3.05, 3.63) is 59.4 Å². The molecule has 24 heavy (non-hydrogen) atoms. The number of amides is 1. The van der Waals surface area contributed by atoms with Crippen LogP contribution in [0, 0.1) is 12.7 Å². The molecule has 2 aromatic rings. The smallest absolute Gasteiger partial charge is 0.263 e. The highest BCUT2D eigenvalue weighted by atomic mass is 19.1. The summed E-state index contributed by atoms with van der Waals surface area (Å²) in [7, 11) is 3.08. The number of likely N-dealkylation sites (N-methyl/N-ethyl adjacent to an activating group) is 1. The van der Waals surface area contributed by atoms with Gasteiger partial charge in [0.2, 0.25) is 0 Å². The predicted octanol–water partition coefficient (Wildman–Crippen LogP) is 3.57. The molecule has 0 aromatic heterocycles. The second kappa shape index (κ2) is 7.81. The van der Waals surface area contributed by atoms with Crippen molar-refractivity contribution in [2.75, 3.05) is 14.2 Å². The Morgan fingerprint density at radius 2 is 2.00 bits per heavy atom. The zero-order valence-corrected chi connectivity index (χ0v) is 14.4. The fraction of sp³-hybridized carbons (Fsp3) is 0.316. The lowest BCUT2D eigenvalue weighted by molar-refractivity contribution is -0.137. The zero-order chi connectivity index (χ0) is 17.7. The number of halogens is 1. The van der Waals surface area contributed by atoms with E-state index in [4.69, 9.17) is 9.47 Å². The Morgan fingerprint density at radius 3 is 2.62 bits per heavy atom. The number of carbonyl (C=O) groups excluding carboxylic acids is 1. The number of ether oxygens (including phenoxy) is 2. The third-order valence-corrected chi connectivity index (χ3v) is 3.66. The lowest BCUT2D eigenvalue weighted by Gasteiger charge is -2.22. The van der Waals surface area contributed by atoms with Gasteiger partial charge in [0.05, 0.1) is 7.11 Å². The molecule has 2 rings (SSSR count). The number of hydrogen-bond donors (Lipinski definition) is 0. The van der Waals surface area contributed by atoms with Crippen LogP contribution in [0.1, 0.15) is 18.1 Å². The lowest BCUT2D eigenvalue weighted by Crippen LogP contribution is -2.37. The summed E-state index contributed by atoms with van der Waals surface area (Å²) in [5.41, 5.74) is 1.75. The van der Waals surface area contributed by atoms with Crippen molar-refractivity contribution in [2.24, 2.45) is 0 Å². The van der Waals surface area contributed by atoms with E-state index < -0.39 is 11.9 Å². The van der Waals surface area contributed by atoms with Crippen molar-refractivity contribution in [3.63, 3.8) is 0 Å². The van der Waals surface area contributed by atoms with Crippen molar-refractivity contribution in [3.8, 4) is 11.5 Å². The molecule has 4 nitrogen and oxygen atoms in total. The summed E-state index contributed by atoms with van der Waals surface area (Å²) < 4.78 is 24.3. The van der Waals surface area contributed by atoms with Gasteiger partial charge in [0.25, 0.3) is 5.91 Å². The van der Waals surface area contributed by atoms with Crippen molar-refractivity contribution in [2.45, 2.75) is 26.5 Å². The van der Waals surface area contributed by atoms with Crippen LogP contribution in [0.3, 0.4) is 0 Å². The second-order valence-electron chi connectivity index (χ2n) is 5.74. The molecule has 1 unspecified atom stereocenters. The topological polar surface area (TPSA) is 38.8 Å². The first-order valence-corrected chi connectivity index (χ1v) is 7.71. The van der Waals surface area contributed by atoms with Gasteiger partial charge >= 0.3 is 0 Å². The molecule has 5 heteroatoms. The van der Waals surface area contributed by atoms with Crippen molar-refractivity contribution in [1.29, 1.82) is 0 Å². The van der Waals surface area contributed by atoms with E-state index >= 15 is 0 Å². The molecule has 128 valence electrons. The molecule has 0 saturated heterocycles. The van der Waals surface area contributed by atoms with E-state index in [2.05, 4.69) is 0 Å². The summed E-state index contributed by atoms with van der Waals surface area (Å²) in [5, 5.41) is 0. The standard InChI is InChI=1S/C19H22FNO3/c1-13-6-5-7-16(10-13)24-14(2)19(22)21(3)12-15-8-9-18(23-4)17(20)11-15/h5-11,14H,12H2,1-4H3. The highest BCUT2D eigenvalue weighted by Crippen LogP contribution is 2.19. The molecule has 0 bridgehead atoms. The van der Waals surface area contributed by atoms with Crippen molar-refractivity contribution >= 4 is 5.91 Å². The molecule has 0 heterocycles. The Hall–Kier alpha value is -2.56. The van der Waals surface area contributed by atoms with Gasteiger partial charge in [-0.15, -0.1) is 0 Å². The molecular weight excluding hydrogens is 309 g/mol. The van der Waals surface area contributed by atoms with Crippen LogP contribution in [0.15, 0.2) is 42.5 Å². The van der Waals surface area contributed by atoms with Gasteiger partial charge in [-0.3, -0.25) is 4.79 Å². The molecule has 0 aliphatic heterocycles. The third kappa shape index (κ3) is 4.47. The maximum Gasteiger partial charge on any atom is 0.263 e. The quantitative estimate of drug-likeness (QED) is 0.812. The molecule has 0 aliphatic rings. The van der Waals surface area contributed by atoms with E-state index in [1.165, 1.54) is 18.1 Å². The predicted molar refractivity (Wildman–Crippen MR) is 90.7 cm³/mol. The van der Waals surface area contributed by atoms with Gasteiger partial charge in [-0.25, -0.2) is 4.39 Å². The summed E-state index contributed by atoms with van der Waals surface area (Å²) in [5.74, 6) is 0.219. The first-order chi connectivity index (χ1) is 11.4. The molecular formula is C19H22FNO3. The van der Waals surface area contributed by atoms with Gasteiger partial charge in [-0.1, -0.05) is 18.2 Å². The molecule has 2 aromatic carbocycles. The van der Waals surface area contributed by atoms with Crippen LogP contribution in [0.25, 0.3) is 0 Å². The van der Waals surface area contributed by atoms with Gasteiger partial charge in [0.15, 0.2) is 17.7 Å². The average Bonchev–Trinajstić information content (AvgIpc) is 2.54. The number of carbonyl (C=O) groups is 1. The molecule has 0 radical (unpaired) electrons. The Kier molecular flexibility index (Phi) is 5.79. The Morgan fingerprint density at radius 1 is 1.25 bits per heavy atom. The highest BCUT2D eigenvalue weighted by Gasteiger charge is 2.19. The van der Waals surface area contributed by atoms with Crippen LogP contribution in [-0.2, 0) is 11.3 Å². The second-order valence-corrected chi connectivity index (χ2v) is 5.74. The van der Waals surface area contributed by atoms with Gasteiger partial charge in [-0.05, 0) is 49.2 Å². The Labute approximate surface area is 141 Å². The maximum atomic E-state index is 13.7. The zero-order valence-electron chi connectivity index (χ0n) is 14.4. The van der Waals surface area contributed by atoms with Crippen LogP contribution in [-0.4, -0.2) is 31.1 Å². The summed E-state index contributed by atoms with van der Waals surface area (Å²) in [4.78, 5) is 13.9. The van der Waals surface area contributed by atoms with Crippen LogP contribution < -0.4 is 9.47 Å². The largest absolute Gasteiger partial charge is 0.494 e. The van der Waals surface area contributed by atoms with E-state index in [1.54, 1.807) is 26.1 Å². The first-order valence-electron chi connectivity index (χ1n) is 7.71. The summed E-state index contributed by atoms with van der Waals surface area (Å²) in [6, 6.07) is 12.2. The van der Waals surface area contributed by atoms with Crippen LogP contribution in [0.2, 0.25) is 0 Å². The van der Waals surface area contributed by atoms with E-state index in [1.807, 2.05) is 31.2 Å². The fourth-order valence-corrected chi connectivity index (χ4v) is 2.41. The first kappa shape index (κ1) is 17.8. The van der Waals surface area contributed by atoms with E-state index in [9.17, 15) is 9.18 Å². The van der Waals surface area contributed by atoms with Crippen LogP contribution in [0.4, 0.5) is 4.39 Å². The minimum absolute atomic E-state index is 0.173. The van der Waals surface area contributed by atoms with Gasteiger partial charge in [-0.2, -0.15) is 0 Å². The maximum absolute atomic E-state index is 13.7. The molecule has 0 aliphatic carbocycles. The molecule has 0 fully saturated rings. The fourth-order valence-electron chi connectivity index (χ4n) is 2.41. The van der Waals surface area contributed by atoms with Crippen LogP contribution >= 0.6 is 0 Å². The van der Waals surface area contributed by atoms with Gasteiger partial charge < -0.3 is 14.4 Å². The average molecular weight is 331 g/mol. The Bertz CT molecular complexity index is 718. The number of nitrogens with zero attached hydrogens (tertiary/aromatic N) is 1. The molecule has 0 N–H and O–H groups in total. The summed E-state index contributed by atoms with van der Waals surface area (Å²) >= 11 is 0. The van der Waals surface area contributed by atoms with E-state index in [0.29, 0.717) is 17.9 Å². The van der Waals surface area contributed by atoms with Crippen LogP contribution in [0.5, 0.6) is 11.5 Å². The van der Waals surface area contributed by atoms with Gasteiger partial charge in [0.1, 0.15) is 5.75 Å². The summed E-state index contributed by atoms with van der Waals surface area (Å²) in [6.45, 7) is 3.96.